The Balaban J connectivity index is 2.28. The van der Waals surface area contributed by atoms with Crippen molar-refractivity contribution in [2.75, 3.05) is 5.32 Å². The Hall–Kier alpha value is -1.14. The minimum absolute atomic E-state index is 0.0731. The van der Waals surface area contributed by atoms with E-state index < -0.39 is 0 Å². The first kappa shape index (κ1) is 14.3. The van der Waals surface area contributed by atoms with Gasteiger partial charge < -0.3 is 15.5 Å². The highest BCUT2D eigenvalue weighted by Gasteiger charge is 2.15. The zero-order valence-corrected chi connectivity index (χ0v) is 13.1. The molecule has 19 heavy (non-hydrogen) atoms. The van der Waals surface area contributed by atoms with Crippen LogP contribution in [0.5, 0.6) is 11.5 Å². The predicted molar refractivity (Wildman–Crippen MR) is 86.0 cm³/mol. The van der Waals surface area contributed by atoms with Crippen molar-refractivity contribution in [3.8, 4) is 11.5 Å². The lowest BCUT2D eigenvalue weighted by atomic mass is 10.1. The third-order valence-electron chi connectivity index (χ3n) is 2.80. The quantitative estimate of drug-likeness (QED) is 0.676. The molecule has 2 aromatic carbocycles. The number of benzene rings is 2. The van der Waals surface area contributed by atoms with Gasteiger partial charge in [0.2, 0.25) is 0 Å². The molecule has 2 rings (SSSR count). The summed E-state index contributed by atoms with van der Waals surface area (Å²) in [6.45, 7) is 1.87. The van der Waals surface area contributed by atoms with E-state index in [1.165, 1.54) is 0 Å². The van der Waals surface area contributed by atoms with Gasteiger partial charge in [0.05, 0.1) is 11.6 Å². The highest BCUT2D eigenvalue weighted by molar-refractivity contribution is 14.1. The van der Waals surface area contributed by atoms with Crippen LogP contribution in [0.4, 0.5) is 5.69 Å². The smallest absolute Gasteiger partial charge is 0.124 e. The van der Waals surface area contributed by atoms with Crippen LogP contribution in [0.1, 0.15) is 18.5 Å². The maximum Gasteiger partial charge on any atom is 0.124 e. The largest absolute Gasteiger partial charge is 0.507 e. The minimum Gasteiger partial charge on any atom is -0.507 e. The summed E-state index contributed by atoms with van der Waals surface area (Å²) in [5.41, 5.74) is 1.38. The number of anilines is 1. The van der Waals surface area contributed by atoms with Crippen LogP contribution in [-0.4, -0.2) is 10.2 Å². The Morgan fingerprint density at radius 1 is 1.16 bits per heavy atom. The maximum absolute atomic E-state index is 9.83. The van der Waals surface area contributed by atoms with E-state index in [2.05, 4.69) is 27.9 Å². The van der Waals surface area contributed by atoms with Crippen molar-refractivity contribution in [2.24, 2.45) is 0 Å². The van der Waals surface area contributed by atoms with Crippen molar-refractivity contribution in [3.05, 3.63) is 50.6 Å². The van der Waals surface area contributed by atoms with Crippen molar-refractivity contribution >= 4 is 39.9 Å². The van der Waals surface area contributed by atoms with E-state index in [0.717, 1.165) is 9.26 Å². The summed E-state index contributed by atoms with van der Waals surface area (Å²) in [5.74, 6) is 0.146. The number of phenolic OH excluding ortho intramolecular Hbond substituents is 2. The molecule has 0 aliphatic heterocycles. The molecule has 100 valence electrons. The summed E-state index contributed by atoms with van der Waals surface area (Å²) in [4.78, 5) is 0. The first-order valence-electron chi connectivity index (χ1n) is 5.71. The highest BCUT2D eigenvalue weighted by Crippen LogP contribution is 2.35. The van der Waals surface area contributed by atoms with E-state index in [1.54, 1.807) is 24.3 Å². The summed E-state index contributed by atoms with van der Waals surface area (Å²) < 4.78 is 0.979. The molecule has 0 aliphatic rings. The van der Waals surface area contributed by atoms with E-state index in [1.807, 2.05) is 19.1 Å². The topological polar surface area (TPSA) is 52.5 Å². The molecule has 0 fully saturated rings. The SMILES string of the molecule is CC(Nc1ccc(Cl)cc1I)c1c(O)cccc1O. The third kappa shape index (κ3) is 3.25. The number of aromatic hydroxyl groups is 2. The molecule has 2 aromatic rings. The standard InChI is InChI=1S/C14H13ClINO2/c1-8(14-12(18)3-2-4-13(14)19)17-11-6-5-9(15)7-10(11)16/h2-8,17-19H,1H3. The summed E-state index contributed by atoms with van der Waals surface area (Å²) in [5, 5.41) is 23.6. The van der Waals surface area contributed by atoms with Gasteiger partial charge in [0.15, 0.2) is 0 Å². The molecule has 3 N–H and O–H groups in total. The van der Waals surface area contributed by atoms with Gasteiger partial charge in [0, 0.05) is 14.3 Å². The summed E-state index contributed by atoms with van der Waals surface area (Å²) in [7, 11) is 0. The second kappa shape index (κ2) is 5.88. The average molecular weight is 390 g/mol. The van der Waals surface area contributed by atoms with Gasteiger partial charge in [0.1, 0.15) is 11.5 Å². The van der Waals surface area contributed by atoms with Crippen LogP contribution < -0.4 is 5.32 Å². The average Bonchev–Trinajstić information content (AvgIpc) is 2.32. The number of halogens is 2. The van der Waals surface area contributed by atoms with Gasteiger partial charge in [-0.2, -0.15) is 0 Å². The van der Waals surface area contributed by atoms with Crippen molar-refractivity contribution in [1.29, 1.82) is 0 Å². The minimum atomic E-state index is -0.226. The van der Waals surface area contributed by atoms with Crippen LogP contribution in [0, 0.1) is 3.57 Å². The lowest BCUT2D eigenvalue weighted by Gasteiger charge is -2.19. The van der Waals surface area contributed by atoms with Crippen LogP contribution in [0.3, 0.4) is 0 Å². The number of nitrogens with one attached hydrogen (secondary N) is 1. The maximum atomic E-state index is 9.83. The van der Waals surface area contributed by atoms with Crippen LogP contribution in [0.2, 0.25) is 5.02 Å². The Bertz CT molecular complexity index is 584. The molecule has 0 amide bonds. The number of phenols is 2. The van der Waals surface area contributed by atoms with Gasteiger partial charge in [-0.3, -0.25) is 0 Å². The molecule has 0 aromatic heterocycles. The van der Waals surface area contributed by atoms with Gasteiger partial charge >= 0.3 is 0 Å². The first-order chi connectivity index (χ1) is 8.99. The Morgan fingerprint density at radius 2 is 1.79 bits per heavy atom. The fraction of sp³-hybridized carbons (Fsp3) is 0.143. The first-order valence-corrected chi connectivity index (χ1v) is 7.17. The molecule has 0 bridgehead atoms. The van der Waals surface area contributed by atoms with Crippen LogP contribution in [0.25, 0.3) is 0 Å². The zero-order chi connectivity index (χ0) is 14.0. The molecule has 0 spiro atoms. The van der Waals surface area contributed by atoms with Crippen LogP contribution in [0.15, 0.2) is 36.4 Å². The van der Waals surface area contributed by atoms with Gasteiger partial charge in [0.25, 0.3) is 0 Å². The van der Waals surface area contributed by atoms with E-state index >= 15 is 0 Å². The number of hydrogen-bond acceptors (Lipinski definition) is 3. The Labute approximate surface area is 130 Å². The van der Waals surface area contributed by atoms with Crippen molar-refractivity contribution in [1.82, 2.24) is 0 Å². The summed E-state index contributed by atoms with van der Waals surface area (Å²) >= 11 is 8.09. The summed E-state index contributed by atoms with van der Waals surface area (Å²) in [6.07, 6.45) is 0. The van der Waals surface area contributed by atoms with Gasteiger partial charge in [-0.25, -0.2) is 0 Å². The Kier molecular flexibility index (Phi) is 4.42. The monoisotopic (exact) mass is 389 g/mol. The van der Waals surface area contributed by atoms with E-state index in [0.29, 0.717) is 10.6 Å². The third-order valence-corrected chi connectivity index (χ3v) is 3.92. The molecule has 3 nitrogen and oxygen atoms in total. The molecule has 1 unspecified atom stereocenters. The molecular formula is C14H13ClINO2. The van der Waals surface area contributed by atoms with Crippen LogP contribution in [-0.2, 0) is 0 Å². The molecular weight excluding hydrogens is 377 g/mol. The van der Waals surface area contributed by atoms with Crippen molar-refractivity contribution in [2.45, 2.75) is 13.0 Å². The van der Waals surface area contributed by atoms with E-state index in [4.69, 9.17) is 11.6 Å². The fourth-order valence-electron chi connectivity index (χ4n) is 1.90. The molecule has 5 heteroatoms. The predicted octanol–water partition coefficient (Wildman–Crippen LogP) is 4.53. The number of hydrogen-bond donors (Lipinski definition) is 3. The lowest BCUT2D eigenvalue weighted by Crippen LogP contribution is -2.08. The van der Waals surface area contributed by atoms with E-state index in [-0.39, 0.29) is 17.5 Å². The molecule has 1 atom stereocenters. The second-order valence-electron chi connectivity index (χ2n) is 4.20. The number of rotatable bonds is 3. The molecule has 0 saturated heterocycles. The lowest BCUT2D eigenvalue weighted by molar-refractivity contribution is 0.434. The zero-order valence-electron chi connectivity index (χ0n) is 10.2. The second-order valence-corrected chi connectivity index (χ2v) is 5.80. The van der Waals surface area contributed by atoms with Crippen LogP contribution >= 0.6 is 34.2 Å². The van der Waals surface area contributed by atoms with Gasteiger partial charge in [-0.15, -0.1) is 0 Å². The van der Waals surface area contributed by atoms with Gasteiger partial charge in [-0.1, -0.05) is 17.7 Å². The van der Waals surface area contributed by atoms with Gasteiger partial charge in [-0.05, 0) is 59.8 Å². The Morgan fingerprint density at radius 3 is 2.37 bits per heavy atom. The normalized spacial score (nSPS) is 12.2. The summed E-state index contributed by atoms with van der Waals surface area (Å²) in [6, 6.07) is 10.0. The fourth-order valence-corrected chi connectivity index (χ4v) is 2.92. The molecule has 0 heterocycles. The highest BCUT2D eigenvalue weighted by atomic mass is 127. The molecule has 0 aliphatic carbocycles. The molecule has 0 radical (unpaired) electrons. The van der Waals surface area contributed by atoms with Crippen molar-refractivity contribution < 1.29 is 10.2 Å². The van der Waals surface area contributed by atoms with Crippen molar-refractivity contribution in [3.63, 3.8) is 0 Å². The molecule has 0 saturated carbocycles. The van der Waals surface area contributed by atoms with E-state index in [9.17, 15) is 10.2 Å².